The number of pyridine rings is 1. The molecule has 0 amide bonds. The summed E-state index contributed by atoms with van der Waals surface area (Å²) in [5.41, 5.74) is 0.898. The molecule has 38 heavy (non-hydrogen) atoms. The molecule has 0 aliphatic heterocycles. The zero-order valence-corrected chi connectivity index (χ0v) is 20.8. The molecule has 0 atom stereocenters. The van der Waals surface area contributed by atoms with E-state index < -0.39 is 11.7 Å². The van der Waals surface area contributed by atoms with E-state index in [9.17, 15) is 22.4 Å². The summed E-state index contributed by atoms with van der Waals surface area (Å²) in [6.07, 6.45) is 6.16. The van der Waals surface area contributed by atoms with Gasteiger partial charge in [0, 0.05) is 24.2 Å². The number of alkyl halides is 3. The van der Waals surface area contributed by atoms with Crippen LogP contribution >= 0.6 is 0 Å². The second-order valence-electron chi connectivity index (χ2n) is 9.17. The highest BCUT2D eigenvalue weighted by Gasteiger charge is 2.34. The Hall–Kier alpha value is -3.95. The van der Waals surface area contributed by atoms with Gasteiger partial charge in [-0.05, 0) is 61.6 Å². The number of benzene rings is 1. The van der Waals surface area contributed by atoms with Crippen LogP contribution in [-0.2, 0) is 12.7 Å². The quantitative estimate of drug-likeness (QED) is 0.291. The van der Waals surface area contributed by atoms with Crippen molar-refractivity contribution >= 4 is 0 Å². The topological polar surface area (TPSA) is 73.6 Å². The van der Waals surface area contributed by atoms with E-state index in [2.05, 4.69) is 20.1 Å². The Kier molecular flexibility index (Phi) is 8.60. The predicted octanol–water partition coefficient (Wildman–Crippen LogP) is 6.34. The van der Waals surface area contributed by atoms with Crippen molar-refractivity contribution in [2.24, 2.45) is 0 Å². The van der Waals surface area contributed by atoms with Gasteiger partial charge in [-0.25, -0.2) is 9.07 Å². The molecule has 10 heteroatoms. The largest absolute Gasteiger partial charge is 0.418 e. The maximum atomic E-state index is 13.4. The molecule has 1 fully saturated rings. The highest BCUT2D eigenvalue weighted by atomic mass is 19.4. The highest BCUT2D eigenvalue weighted by molar-refractivity contribution is 5.53. The van der Waals surface area contributed by atoms with E-state index in [1.54, 1.807) is 12.1 Å². The van der Waals surface area contributed by atoms with Crippen molar-refractivity contribution < 1.29 is 17.6 Å². The first-order valence-corrected chi connectivity index (χ1v) is 12.3. The summed E-state index contributed by atoms with van der Waals surface area (Å²) in [5.74, 6) is -0.105. The van der Waals surface area contributed by atoms with Gasteiger partial charge >= 0.3 is 6.18 Å². The molecule has 4 aromatic rings. The van der Waals surface area contributed by atoms with E-state index in [0.717, 1.165) is 48.4 Å². The number of aryl methyl sites for hydroxylation is 1. The van der Waals surface area contributed by atoms with E-state index in [-0.39, 0.29) is 29.5 Å². The van der Waals surface area contributed by atoms with Crippen LogP contribution in [-0.4, -0.2) is 24.7 Å². The molecule has 0 radical (unpaired) electrons. The van der Waals surface area contributed by atoms with E-state index in [1.165, 1.54) is 43.0 Å². The van der Waals surface area contributed by atoms with E-state index in [0.29, 0.717) is 17.0 Å². The van der Waals surface area contributed by atoms with Gasteiger partial charge in [0.2, 0.25) is 0 Å². The zero-order valence-electron chi connectivity index (χ0n) is 20.8. The van der Waals surface area contributed by atoms with Gasteiger partial charge in [0.1, 0.15) is 17.2 Å². The van der Waals surface area contributed by atoms with Crippen LogP contribution in [0, 0.1) is 12.7 Å². The second kappa shape index (κ2) is 12.1. The summed E-state index contributed by atoms with van der Waals surface area (Å²) in [7, 11) is 0. The monoisotopic (exact) mass is 525 g/mol. The van der Waals surface area contributed by atoms with E-state index in [1.807, 2.05) is 13.0 Å². The summed E-state index contributed by atoms with van der Waals surface area (Å²) >= 11 is 0. The maximum Gasteiger partial charge on any atom is 0.418 e. The lowest BCUT2D eigenvalue weighted by Gasteiger charge is -2.22. The molecule has 0 bridgehead atoms. The first-order valence-electron chi connectivity index (χ1n) is 12.3. The van der Waals surface area contributed by atoms with Gasteiger partial charge in [-0.15, -0.1) is 0 Å². The number of nitrogens with zero attached hydrogens (tertiary/aromatic N) is 5. The third-order valence-electron chi connectivity index (χ3n) is 6.35. The molecule has 198 valence electrons. The first kappa shape index (κ1) is 27.1. The molecule has 3 heterocycles. The predicted molar refractivity (Wildman–Crippen MR) is 135 cm³/mol. The fraction of sp³-hybridized carbons (Fsp3) is 0.321. The first-order chi connectivity index (χ1) is 18.2. The van der Waals surface area contributed by atoms with Crippen LogP contribution in [0.4, 0.5) is 17.6 Å². The van der Waals surface area contributed by atoms with Crippen molar-refractivity contribution in [2.45, 2.75) is 57.7 Å². The molecule has 1 aromatic carbocycles. The fourth-order valence-corrected chi connectivity index (χ4v) is 4.50. The number of rotatable bonds is 4. The molecule has 1 aliphatic rings. The molecule has 0 N–H and O–H groups in total. The van der Waals surface area contributed by atoms with Gasteiger partial charge in [-0.1, -0.05) is 31.4 Å². The van der Waals surface area contributed by atoms with Crippen LogP contribution in [0.3, 0.4) is 0 Å². The summed E-state index contributed by atoms with van der Waals surface area (Å²) in [6, 6.07) is 10.4. The summed E-state index contributed by atoms with van der Waals surface area (Å²) in [6.45, 7) is 1.49. The molecule has 1 aliphatic carbocycles. The Morgan fingerprint density at radius 2 is 1.74 bits per heavy atom. The Labute approximate surface area is 217 Å². The van der Waals surface area contributed by atoms with Crippen LogP contribution < -0.4 is 5.56 Å². The lowest BCUT2D eigenvalue weighted by Crippen LogP contribution is -2.30. The zero-order chi connectivity index (χ0) is 27.1. The van der Waals surface area contributed by atoms with Crippen molar-refractivity contribution in [2.75, 3.05) is 0 Å². The van der Waals surface area contributed by atoms with Gasteiger partial charge in [0.25, 0.3) is 5.56 Å². The Morgan fingerprint density at radius 3 is 2.37 bits per heavy atom. The van der Waals surface area contributed by atoms with Gasteiger partial charge in [-0.3, -0.25) is 19.7 Å². The molecule has 3 aromatic heterocycles. The average Bonchev–Trinajstić information content (AvgIpc) is 2.91. The van der Waals surface area contributed by atoms with Crippen molar-refractivity contribution in [1.29, 1.82) is 0 Å². The molecular formula is C28H27F4N5O. The Bertz CT molecular complexity index is 1400. The number of halogens is 4. The SMILES string of the molecule is Cc1cccc(F)c1.O=c1c(C2CCCCC2)cc(-c2cnccn2)nn1Cc1ncccc1C(F)(F)F. The van der Waals surface area contributed by atoms with Crippen LogP contribution in [0.1, 0.15) is 60.4 Å². The van der Waals surface area contributed by atoms with Crippen molar-refractivity contribution in [1.82, 2.24) is 24.7 Å². The Balaban J connectivity index is 0.000000360. The molecular weight excluding hydrogens is 498 g/mol. The number of hydrogen-bond donors (Lipinski definition) is 0. The van der Waals surface area contributed by atoms with Gasteiger partial charge in [0.05, 0.1) is 24.0 Å². The van der Waals surface area contributed by atoms with Crippen LogP contribution in [0.25, 0.3) is 11.4 Å². The summed E-state index contributed by atoms with van der Waals surface area (Å²) < 4.78 is 53.4. The van der Waals surface area contributed by atoms with Crippen molar-refractivity contribution in [3.63, 3.8) is 0 Å². The maximum absolute atomic E-state index is 13.4. The molecule has 6 nitrogen and oxygen atoms in total. The van der Waals surface area contributed by atoms with Gasteiger partial charge < -0.3 is 0 Å². The number of hydrogen-bond acceptors (Lipinski definition) is 5. The normalized spacial score (nSPS) is 14.0. The third kappa shape index (κ3) is 6.87. The fourth-order valence-electron chi connectivity index (χ4n) is 4.50. The molecule has 0 saturated heterocycles. The number of aromatic nitrogens is 5. The molecule has 5 rings (SSSR count). The lowest BCUT2D eigenvalue weighted by atomic mass is 9.84. The van der Waals surface area contributed by atoms with Crippen molar-refractivity contribution in [3.05, 3.63) is 106 Å². The van der Waals surface area contributed by atoms with Gasteiger partial charge in [0.15, 0.2) is 0 Å². The summed E-state index contributed by atoms with van der Waals surface area (Å²) in [5, 5.41) is 4.31. The molecule has 0 spiro atoms. The summed E-state index contributed by atoms with van der Waals surface area (Å²) in [4.78, 5) is 25.3. The Morgan fingerprint density at radius 1 is 0.947 bits per heavy atom. The van der Waals surface area contributed by atoms with E-state index in [4.69, 9.17) is 0 Å². The lowest BCUT2D eigenvalue weighted by molar-refractivity contribution is -0.138. The minimum Gasteiger partial charge on any atom is -0.267 e. The van der Waals surface area contributed by atoms with Crippen LogP contribution in [0.2, 0.25) is 0 Å². The average molecular weight is 526 g/mol. The van der Waals surface area contributed by atoms with Crippen LogP contribution in [0.15, 0.2) is 72.0 Å². The minimum absolute atomic E-state index is 0.0572. The smallest absolute Gasteiger partial charge is 0.267 e. The molecule has 0 unspecified atom stereocenters. The van der Waals surface area contributed by atoms with Crippen molar-refractivity contribution in [3.8, 4) is 11.4 Å². The van der Waals surface area contributed by atoms with E-state index >= 15 is 0 Å². The standard InChI is InChI=1S/C21H20F3N5O.C7H7F/c22-21(23,24)16-7-4-8-26-19(16)13-29-20(30)15(14-5-2-1-3-6-14)11-17(28-29)18-12-25-9-10-27-18;1-6-3-2-4-7(8)5-6/h4,7-12,14H,1-3,5-6,13H2;2-5H,1H3. The second-order valence-corrected chi connectivity index (χ2v) is 9.17. The van der Waals surface area contributed by atoms with Gasteiger partial charge in [-0.2, -0.15) is 18.3 Å². The molecule has 1 saturated carbocycles. The minimum atomic E-state index is -4.57. The third-order valence-corrected chi connectivity index (χ3v) is 6.35. The van der Waals surface area contributed by atoms with Crippen LogP contribution in [0.5, 0.6) is 0 Å². The highest BCUT2D eigenvalue weighted by Crippen LogP contribution is 2.33.